The second kappa shape index (κ2) is 5.75. The molecule has 104 valence electrons. The molecule has 1 unspecified atom stereocenters. The van der Waals surface area contributed by atoms with Crippen LogP contribution in [0.1, 0.15) is 44.3 Å². The highest BCUT2D eigenvalue weighted by molar-refractivity contribution is 9.10. The molecule has 0 amide bonds. The Morgan fingerprint density at radius 3 is 2.84 bits per heavy atom. The van der Waals surface area contributed by atoms with E-state index in [0.717, 1.165) is 42.4 Å². The van der Waals surface area contributed by atoms with Crippen molar-refractivity contribution in [3.8, 4) is 0 Å². The van der Waals surface area contributed by atoms with E-state index < -0.39 is 0 Å². The summed E-state index contributed by atoms with van der Waals surface area (Å²) in [6, 6.07) is 2.02. The minimum Gasteiger partial charge on any atom is -0.376 e. The van der Waals surface area contributed by atoms with Gasteiger partial charge in [-0.05, 0) is 48.5 Å². The number of nitrogens with zero attached hydrogens (tertiary/aromatic N) is 3. The summed E-state index contributed by atoms with van der Waals surface area (Å²) in [5.74, 6) is 2.61. The van der Waals surface area contributed by atoms with Crippen LogP contribution < -0.4 is 4.90 Å². The predicted octanol–water partition coefficient (Wildman–Crippen LogP) is 3.12. The molecule has 1 saturated heterocycles. The van der Waals surface area contributed by atoms with Crippen LogP contribution in [-0.4, -0.2) is 35.8 Å². The second-order valence-electron chi connectivity index (χ2n) is 5.36. The Balaban J connectivity index is 1.77. The Morgan fingerprint density at radius 2 is 2.21 bits per heavy atom. The molecule has 2 aliphatic rings. The predicted molar refractivity (Wildman–Crippen MR) is 78.6 cm³/mol. The van der Waals surface area contributed by atoms with Crippen molar-refractivity contribution in [1.82, 2.24) is 9.97 Å². The Kier molecular flexibility index (Phi) is 4.03. The lowest BCUT2D eigenvalue weighted by molar-refractivity contribution is 0.115. The van der Waals surface area contributed by atoms with E-state index in [2.05, 4.69) is 32.7 Å². The zero-order valence-electron chi connectivity index (χ0n) is 11.3. The molecule has 1 saturated carbocycles. The molecule has 0 N–H and O–H groups in total. The summed E-state index contributed by atoms with van der Waals surface area (Å²) < 4.78 is 6.62. The van der Waals surface area contributed by atoms with Crippen LogP contribution in [0.4, 0.5) is 5.82 Å². The maximum absolute atomic E-state index is 5.73. The van der Waals surface area contributed by atoms with Crippen LogP contribution in [0.25, 0.3) is 0 Å². The molecule has 0 spiro atoms. The number of aromatic nitrogens is 2. The van der Waals surface area contributed by atoms with Crippen molar-refractivity contribution in [1.29, 1.82) is 0 Å². The van der Waals surface area contributed by atoms with Crippen molar-refractivity contribution in [2.75, 3.05) is 24.6 Å². The van der Waals surface area contributed by atoms with E-state index in [0.29, 0.717) is 12.0 Å². The highest BCUT2D eigenvalue weighted by Gasteiger charge is 2.28. The fourth-order valence-corrected chi connectivity index (χ4v) is 2.91. The lowest BCUT2D eigenvalue weighted by Gasteiger charge is -2.25. The first-order chi connectivity index (χ1) is 9.26. The number of ether oxygens (including phenoxy) is 1. The molecular weight excluding hydrogens is 306 g/mol. The Bertz CT molecular complexity index is 444. The summed E-state index contributed by atoms with van der Waals surface area (Å²) >= 11 is 3.51. The van der Waals surface area contributed by atoms with Gasteiger partial charge < -0.3 is 9.64 Å². The average Bonchev–Trinajstić information content (AvgIpc) is 3.13. The molecule has 0 aromatic carbocycles. The van der Waals surface area contributed by atoms with E-state index >= 15 is 0 Å². The molecule has 1 aliphatic heterocycles. The first kappa shape index (κ1) is 13.3. The van der Waals surface area contributed by atoms with E-state index in [1.807, 2.05) is 6.07 Å². The van der Waals surface area contributed by atoms with Crippen LogP contribution in [-0.2, 0) is 4.74 Å². The molecule has 1 atom stereocenters. The quantitative estimate of drug-likeness (QED) is 0.779. The van der Waals surface area contributed by atoms with Gasteiger partial charge in [0, 0.05) is 31.7 Å². The number of hydrogen-bond acceptors (Lipinski definition) is 4. The molecule has 2 heterocycles. The van der Waals surface area contributed by atoms with E-state index in [1.54, 1.807) is 0 Å². The standard InChI is InChI=1S/C14H20BrN3O/c1-2-18(9-11-4-3-7-19-11)13-8-12(15)16-14(17-13)10-5-6-10/h8,10-11H,2-7,9H2,1H3. The number of halogens is 1. The number of hydrogen-bond donors (Lipinski definition) is 0. The van der Waals surface area contributed by atoms with E-state index in [-0.39, 0.29) is 0 Å². The van der Waals surface area contributed by atoms with Gasteiger partial charge in [0.15, 0.2) is 0 Å². The topological polar surface area (TPSA) is 38.2 Å². The van der Waals surface area contributed by atoms with E-state index in [9.17, 15) is 0 Å². The number of likely N-dealkylation sites (N-methyl/N-ethyl adjacent to an activating group) is 1. The first-order valence-corrected chi connectivity index (χ1v) is 7.96. The summed E-state index contributed by atoms with van der Waals surface area (Å²) in [4.78, 5) is 11.5. The fraction of sp³-hybridized carbons (Fsp3) is 0.714. The fourth-order valence-electron chi connectivity index (χ4n) is 2.53. The monoisotopic (exact) mass is 325 g/mol. The molecule has 0 radical (unpaired) electrons. The Morgan fingerprint density at radius 1 is 1.37 bits per heavy atom. The highest BCUT2D eigenvalue weighted by atomic mass is 79.9. The zero-order valence-corrected chi connectivity index (χ0v) is 12.9. The number of anilines is 1. The van der Waals surface area contributed by atoms with Gasteiger partial charge in [0.25, 0.3) is 0 Å². The summed E-state index contributed by atoms with van der Waals surface area (Å²) in [6.45, 7) is 4.96. The van der Waals surface area contributed by atoms with Crippen molar-refractivity contribution in [3.63, 3.8) is 0 Å². The van der Waals surface area contributed by atoms with Crippen LogP contribution in [0.3, 0.4) is 0 Å². The minimum atomic E-state index is 0.359. The second-order valence-corrected chi connectivity index (χ2v) is 6.17. The van der Waals surface area contributed by atoms with Crippen molar-refractivity contribution >= 4 is 21.7 Å². The van der Waals surface area contributed by atoms with Gasteiger partial charge in [0.05, 0.1) is 6.10 Å². The zero-order chi connectivity index (χ0) is 13.2. The van der Waals surface area contributed by atoms with Crippen LogP contribution in [0.15, 0.2) is 10.7 Å². The minimum absolute atomic E-state index is 0.359. The molecule has 1 aliphatic carbocycles. The van der Waals surface area contributed by atoms with Gasteiger partial charge in [-0.1, -0.05) is 0 Å². The number of rotatable bonds is 5. The summed E-state index contributed by atoms with van der Waals surface area (Å²) in [7, 11) is 0. The molecule has 0 bridgehead atoms. The first-order valence-electron chi connectivity index (χ1n) is 7.17. The lowest BCUT2D eigenvalue weighted by Crippen LogP contribution is -2.32. The van der Waals surface area contributed by atoms with Gasteiger partial charge in [-0.25, -0.2) is 9.97 Å². The molecule has 19 heavy (non-hydrogen) atoms. The van der Waals surface area contributed by atoms with Crippen LogP contribution in [0, 0.1) is 0 Å². The van der Waals surface area contributed by atoms with Crippen molar-refractivity contribution < 1.29 is 4.74 Å². The molecule has 1 aromatic rings. The van der Waals surface area contributed by atoms with E-state index in [1.165, 1.54) is 19.3 Å². The molecule has 5 heteroatoms. The third-order valence-corrected chi connectivity index (χ3v) is 4.20. The van der Waals surface area contributed by atoms with Gasteiger partial charge in [-0.2, -0.15) is 0 Å². The maximum atomic E-state index is 5.73. The molecule has 1 aromatic heterocycles. The third kappa shape index (κ3) is 3.26. The van der Waals surface area contributed by atoms with Crippen molar-refractivity contribution in [2.24, 2.45) is 0 Å². The normalized spacial score (nSPS) is 22.7. The summed E-state index contributed by atoms with van der Waals surface area (Å²) in [5.41, 5.74) is 0. The molecule has 4 nitrogen and oxygen atoms in total. The Hall–Kier alpha value is -0.680. The largest absolute Gasteiger partial charge is 0.376 e. The summed E-state index contributed by atoms with van der Waals surface area (Å²) in [6.07, 6.45) is 5.17. The van der Waals surface area contributed by atoms with Gasteiger partial charge in [-0.3, -0.25) is 0 Å². The SMILES string of the molecule is CCN(CC1CCCO1)c1cc(Br)nc(C2CC2)n1. The van der Waals surface area contributed by atoms with Gasteiger partial charge >= 0.3 is 0 Å². The van der Waals surface area contributed by atoms with Crippen LogP contribution in [0.5, 0.6) is 0 Å². The van der Waals surface area contributed by atoms with Gasteiger partial charge in [0.2, 0.25) is 0 Å². The van der Waals surface area contributed by atoms with Crippen LogP contribution >= 0.6 is 15.9 Å². The third-order valence-electron chi connectivity index (χ3n) is 3.79. The van der Waals surface area contributed by atoms with Crippen molar-refractivity contribution in [3.05, 3.63) is 16.5 Å². The van der Waals surface area contributed by atoms with E-state index in [4.69, 9.17) is 9.72 Å². The molecule has 2 fully saturated rings. The Labute approximate surface area is 122 Å². The highest BCUT2D eigenvalue weighted by Crippen LogP contribution is 2.39. The smallest absolute Gasteiger partial charge is 0.135 e. The van der Waals surface area contributed by atoms with Gasteiger partial charge in [0.1, 0.15) is 16.2 Å². The van der Waals surface area contributed by atoms with Crippen LogP contribution in [0.2, 0.25) is 0 Å². The van der Waals surface area contributed by atoms with Gasteiger partial charge in [-0.15, -0.1) is 0 Å². The summed E-state index contributed by atoms with van der Waals surface area (Å²) in [5, 5.41) is 0. The maximum Gasteiger partial charge on any atom is 0.135 e. The molecule has 3 rings (SSSR count). The average molecular weight is 326 g/mol. The lowest BCUT2D eigenvalue weighted by atomic mass is 10.2. The van der Waals surface area contributed by atoms with Crippen molar-refractivity contribution in [2.45, 2.75) is 44.6 Å². The molecular formula is C14H20BrN3O.